The maximum Gasteiger partial charge on any atom is 0.294 e. The Bertz CT molecular complexity index is 1420. The van der Waals surface area contributed by atoms with E-state index in [-0.39, 0.29) is 0 Å². The first-order valence-electron chi connectivity index (χ1n) is 9.55. The average Bonchev–Trinajstić information content (AvgIpc) is 2.69. The van der Waals surface area contributed by atoms with Crippen LogP contribution in [0.3, 0.4) is 0 Å². The maximum atomic E-state index is 11.8. The fourth-order valence-electron chi connectivity index (χ4n) is 3.36. The van der Waals surface area contributed by atoms with Crippen molar-refractivity contribution in [2.75, 3.05) is 0 Å². The summed E-state index contributed by atoms with van der Waals surface area (Å²) >= 11 is 0. The minimum Gasteiger partial charge on any atom is -0.282 e. The van der Waals surface area contributed by atoms with E-state index in [1.807, 2.05) is 0 Å². The van der Waals surface area contributed by atoms with Crippen LogP contribution in [0.4, 0.5) is 0 Å². The molecule has 0 aliphatic carbocycles. The van der Waals surface area contributed by atoms with Gasteiger partial charge in [-0.25, -0.2) is 0 Å². The van der Waals surface area contributed by atoms with Gasteiger partial charge in [0, 0.05) is 0 Å². The lowest BCUT2D eigenvalue weighted by Crippen LogP contribution is -2.27. The second-order valence-electron chi connectivity index (χ2n) is 7.61. The Hall–Kier alpha value is -2.18. The van der Waals surface area contributed by atoms with E-state index in [1.165, 1.54) is 54.6 Å². The molecule has 182 valence electrons. The van der Waals surface area contributed by atoms with E-state index in [2.05, 4.69) is 0 Å². The topological polar surface area (TPSA) is 163 Å². The quantitative estimate of drug-likeness (QED) is 0.311. The molecule has 0 heterocycles. The van der Waals surface area contributed by atoms with E-state index < -0.39 is 53.0 Å². The van der Waals surface area contributed by atoms with E-state index in [0.29, 0.717) is 32.6 Å². The van der Waals surface area contributed by atoms with Crippen LogP contribution >= 0.6 is 7.92 Å². The normalized spacial score (nSPS) is 12.8. The number of hydrogen-bond acceptors (Lipinski definition) is 6. The first kappa shape index (κ1) is 26.4. The molecule has 3 aromatic carbocycles. The van der Waals surface area contributed by atoms with Crippen LogP contribution in [0.15, 0.2) is 69.3 Å². The van der Waals surface area contributed by atoms with Crippen LogP contribution in [0.1, 0.15) is 16.7 Å². The molecule has 0 atom stereocenters. The van der Waals surface area contributed by atoms with Gasteiger partial charge >= 0.3 is 0 Å². The largest absolute Gasteiger partial charge is 0.294 e. The molecule has 34 heavy (non-hydrogen) atoms. The van der Waals surface area contributed by atoms with Crippen molar-refractivity contribution in [3.63, 3.8) is 0 Å². The van der Waals surface area contributed by atoms with Gasteiger partial charge < -0.3 is 0 Å². The Morgan fingerprint density at radius 2 is 0.735 bits per heavy atom. The molecule has 0 bridgehead atoms. The highest BCUT2D eigenvalue weighted by molar-refractivity contribution is 7.86. The number of benzene rings is 3. The van der Waals surface area contributed by atoms with Crippen molar-refractivity contribution in [2.24, 2.45) is 0 Å². The zero-order valence-electron chi connectivity index (χ0n) is 18.2. The van der Waals surface area contributed by atoms with E-state index in [4.69, 9.17) is 0 Å². The fourth-order valence-corrected chi connectivity index (χ4v) is 8.01. The molecule has 0 spiro atoms. The predicted octanol–water partition coefficient (Wildman–Crippen LogP) is 2.11. The standard InChI is InChI=1S/C21H21O9PS3/c1-13-4-7-16(32(22,23)24)10-19(13)31(20-11-17(33(25,26)27)8-5-14(20)2)21-12-18(34(28,29)30)9-6-15(21)3/h4-12H,1-3H3,(H,22,23,24)(H,25,26,27)(H,28,29,30). The van der Waals surface area contributed by atoms with E-state index >= 15 is 0 Å². The second-order valence-corrected chi connectivity index (χ2v) is 14.0. The van der Waals surface area contributed by atoms with Crippen LogP contribution in [0.5, 0.6) is 0 Å². The van der Waals surface area contributed by atoms with Crippen LogP contribution in [-0.4, -0.2) is 38.9 Å². The van der Waals surface area contributed by atoms with Crippen molar-refractivity contribution >= 4 is 54.2 Å². The second kappa shape index (κ2) is 9.12. The fraction of sp³-hybridized carbons (Fsp3) is 0.143. The zero-order valence-corrected chi connectivity index (χ0v) is 21.5. The van der Waals surface area contributed by atoms with Crippen molar-refractivity contribution < 1.29 is 38.9 Å². The first-order valence-corrected chi connectivity index (χ1v) is 15.2. The van der Waals surface area contributed by atoms with Gasteiger partial charge in [-0.3, -0.25) is 13.7 Å². The van der Waals surface area contributed by atoms with Crippen molar-refractivity contribution in [3.05, 3.63) is 71.3 Å². The third kappa shape index (κ3) is 5.55. The van der Waals surface area contributed by atoms with Crippen molar-refractivity contribution in [3.8, 4) is 0 Å². The van der Waals surface area contributed by atoms with Crippen LogP contribution < -0.4 is 15.9 Å². The lowest BCUT2D eigenvalue weighted by molar-refractivity contribution is 0.481. The lowest BCUT2D eigenvalue weighted by atomic mass is 10.2. The van der Waals surface area contributed by atoms with Crippen LogP contribution in [0.25, 0.3) is 0 Å². The van der Waals surface area contributed by atoms with Crippen molar-refractivity contribution in [2.45, 2.75) is 35.5 Å². The van der Waals surface area contributed by atoms with Gasteiger partial charge in [-0.2, -0.15) is 25.3 Å². The molecule has 13 heteroatoms. The van der Waals surface area contributed by atoms with E-state index in [1.54, 1.807) is 20.8 Å². The summed E-state index contributed by atoms with van der Waals surface area (Å²) in [5.41, 5.74) is 1.77. The summed E-state index contributed by atoms with van der Waals surface area (Å²) in [6, 6.07) is 11.8. The molecule has 0 amide bonds. The minimum atomic E-state index is -4.58. The Labute approximate surface area is 199 Å². The highest BCUT2D eigenvalue weighted by Crippen LogP contribution is 2.38. The number of aryl methyl sites for hydroxylation is 3. The average molecular weight is 545 g/mol. The monoisotopic (exact) mass is 544 g/mol. The summed E-state index contributed by atoms with van der Waals surface area (Å²) in [6.45, 7) is 5.05. The summed E-state index contributed by atoms with van der Waals surface area (Å²) in [5.74, 6) is 0. The SMILES string of the molecule is Cc1ccc(S(=O)(=O)O)cc1P(c1cc(S(=O)(=O)O)ccc1C)c1cc(S(=O)(=O)O)ccc1C. The van der Waals surface area contributed by atoms with E-state index in [0.717, 1.165) is 0 Å². The van der Waals surface area contributed by atoms with Crippen LogP contribution in [-0.2, 0) is 30.4 Å². The third-order valence-electron chi connectivity index (χ3n) is 5.16. The molecule has 0 aliphatic rings. The molecular formula is C21H21O9PS3. The molecule has 9 nitrogen and oxygen atoms in total. The third-order valence-corrected chi connectivity index (χ3v) is 10.6. The summed E-state index contributed by atoms with van der Waals surface area (Å²) in [5, 5.41) is 1.20. The lowest BCUT2D eigenvalue weighted by Gasteiger charge is -2.25. The molecule has 3 N–H and O–H groups in total. The highest BCUT2D eigenvalue weighted by Gasteiger charge is 2.27. The molecule has 0 fully saturated rings. The van der Waals surface area contributed by atoms with Gasteiger partial charge in [-0.1, -0.05) is 18.2 Å². The molecule has 3 aromatic rings. The van der Waals surface area contributed by atoms with Crippen molar-refractivity contribution in [1.82, 2.24) is 0 Å². The molecule has 3 rings (SSSR count). The van der Waals surface area contributed by atoms with Gasteiger partial charge in [-0.05, 0) is 97.7 Å². The Morgan fingerprint density at radius 3 is 0.941 bits per heavy atom. The Kier molecular flexibility index (Phi) is 7.09. The van der Waals surface area contributed by atoms with E-state index in [9.17, 15) is 38.9 Å². The zero-order chi connectivity index (χ0) is 25.6. The molecular weight excluding hydrogens is 523 g/mol. The highest BCUT2D eigenvalue weighted by atomic mass is 32.2. The smallest absolute Gasteiger partial charge is 0.282 e. The van der Waals surface area contributed by atoms with Crippen molar-refractivity contribution in [1.29, 1.82) is 0 Å². The van der Waals surface area contributed by atoms with Gasteiger partial charge in [0.1, 0.15) is 0 Å². The number of rotatable bonds is 6. The Morgan fingerprint density at radius 1 is 0.500 bits per heavy atom. The summed E-state index contributed by atoms with van der Waals surface area (Å²) in [4.78, 5) is -1.19. The van der Waals surface area contributed by atoms with Gasteiger partial charge in [0.25, 0.3) is 30.4 Å². The molecule has 0 unspecified atom stereocenters. The molecule has 0 aromatic heterocycles. The van der Waals surface area contributed by atoms with Gasteiger partial charge in [0.2, 0.25) is 0 Å². The summed E-state index contributed by atoms with van der Waals surface area (Å²) in [6.07, 6.45) is 0. The number of hydrogen-bond donors (Lipinski definition) is 3. The van der Waals surface area contributed by atoms with Crippen LogP contribution in [0.2, 0.25) is 0 Å². The molecule has 0 saturated heterocycles. The predicted molar refractivity (Wildman–Crippen MR) is 129 cm³/mol. The molecule has 0 saturated carbocycles. The summed E-state index contributed by atoms with van der Waals surface area (Å²) in [7, 11) is -15.6. The first-order chi connectivity index (χ1) is 15.5. The maximum absolute atomic E-state index is 11.8. The van der Waals surface area contributed by atoms with Gasteiger partial charge in [0.05, 0.1) is 14.7 Å². The summed E-state index contributed by atoms with van der Waals surface area (Å²) < 4.78 is 99.8. The van der Waals surface area contributed by atoms with Gasteiger partial charge in [-0.15, -0.1) is 0 Å². The minimum absolute atomic E-state index is 0.396. The molecule has 0 aliphatic heterocycles. The van der Waals surface area contributed by atoms with Gasteiger partial charge in [0.15, 0.2) is 0 Å². The van der Waals surface area contributed by atoms with Crippen LogP contribution in [0, 0.1) is 20.8 Å². The molecule has 0 radical (unpaired) electrons. The Balaban J connectivity index is 2.49.